The number of hydrogen-bond donors (Lipinski definition) is 0. The van der Waals surface area contributed by atoms with Crippen LogP contribution in [0.1, 0.15) is 11.3 Å². The summed E-state index contributed by atoms with van der Waals surface area (Å²) in [5.74, 6) is 1.06. The van der Waals surface area contributed by atoms with Gasteiger partial charge < -0.3 is 4.74 Å². The van der Waals surface area contributed by atoms with Crippen molar-refractivity contribution in [3.63, 3.8) is 0 Å². The van der Waals surface area contributed by atoms with Crippen LogP contribution in [0.25, 0.3) is 17.1 Å². The number of aryl methyl sites for hydroxylation is 2. The quantitative estimate of drug-likeness (QED) is 0.740. The molecule has 4 nitrogen and oxygen atoms in total. The predicted octanol–water partition coefficient (Wildman–Crippen LogP) is 3.70. The molecule has 0 saturated carbocycles. The summed E-state index contributed by atoms with van der Waals surface area (Å²) in [6.07, 6.45) is 3.58. The molecule has 0 unspecified atom stereocenters. The summed E-state index contributed by atoms with van der Waals surface area (Å²) in [4.78, 5) is 8.92. The summed E-state index contributed by atoms with van der Waals surface area (Å²) in [6.45, 7) is 3.87. The minimum Gasteiger partial charge on any atom is -0.493 e. The fraction of sp³-hybridized carbons (Fsp3) is 0.176. The Balaban J connectivity index is 2.17. The molecule has 3 rings (SSSR count). The first-order chi connectivity index (χ1) is 10.6. The monoisotopic (exact) mass is 297 g/mol. The van der Waals surface area contributed by atoms with Crippen molar-refractivity contribution in [1.82, 2.24) is 14.5 Å². The van der Waals surface area contributed by atoms with Crippen LogP contribution >= 0.6 is 0 Å². The topological polar surface area (TPSA) is 39.9 Å². The van der Waals surface area contributed by atoms with Crippen molar-refractivity contribution in [2.24, 2.45) is 0 Å². The molecule has 0 saturated heterocycles. The van der Waals surface area contributed by atoms with E-state index in [1.165, 1.54) is 12.1 Å². The van der Waals surface area contributed by atoms with Crippen molar-refractivity contribution in [3.8, 4) is 22.8 Å². The number of ether oxygens (including phenoxy) is 1. The zero-order chi connectivity index (χ0) is 15.7. The van der Waals surface area contributed by atoms with Crippen LogP contribution in [0.3, 0.4) is 0 Å². The van der Waals surface area contributed by atoms with Crippen molar-refractivity contribution in [3.05, 3.63) is 59.9 Å². The van der Waals surface area contributed by atoms with Gasteiger partial charge >= 0.3 is 0 Å². The second-order valence-corrected chi connectivity index (χ2v) is 5.11. The average molecular weight is 297 g/mol. The maximum absolute atomic E-state index is 13.1. The van der Waals surface area contributed by atoms with E-state index in [-0.39, 0.29) is 5.82 Å². The lowest BCUT2D eigenvalue weighted by Crippen LogP contribution is -2.02. The van der Waals surface area contributed by atoms with Gasteiger partial charge in [-0.05, 0) is 49.7 Å². The number of aromatic nitrogens is 3. The van der Waals surface area contributed by atoms with E-state index in [0.717, 1.165) is 22.5 Å². The Labute approximate surface area is 128 Å². The Bertz CT molecular complexity index is 809. The third-order valence-corrected chi connectivity index (χ3v) is 3.45. The van der Waals surface area contributed by atoms with E-state index < -0.39 is 0 Å². The van der Waals surface area contributed by atoms with Crippen molar-refractivity contribution in [2.45, 2.75) is 13.8 Å². The number of rotatable bonds is 3. The molecular weight excluding hydrogens is 281 g/mol. The number of nitrogens with zero attached hydrogens (tertiary/aromatic N) is 3. The van der Waals surface area contributed by atoms with E-state index in [9.17, 15) is 4.39 Å². The first-order valence-electron chi connectivity index (χ1n) is 6.91. The first-order valence-corrected chi connectivity index (χ1v) is 6.91. The number of methoxy groups -OCH3 is 1. The lowest BCUT2D eigenvalue weighted by atomic mass is 10.1. The lowest BCUT2D eigenvalue weighted by molar-refractivity contribution is 0.410. The zero-order valence-electron chi connectivity index (χ0n) is 12.7. The molecule has 0 aliphatic carbocycles. The Morgan fingerprint density at radius 3 is 2.45 bits per heavy atom. The van der Waals surface area contributed by atoms with E-state index in [0.29, 0.717) is 11.6 Å². The summed E-state index contributed by atoms with van der Waals surface area (Å²) in [5, 5.41) is 0. The van der Waals surface area contributed by atoms with Crippen molar-refractivity contribution in [2.75, 3.05) is 7.11 Å². The molecule has 0 amide bonds. The van der Waals surface area contributed by atoms with E-state index >= 15 is 0 Å². The van der Waals surface area contributed by atoms with Crippen molar-refractivity contribution < 1.29 is 9.13 Å². The predicted molar refractivity (Wildman–Crippen MR) is 82.8 cm³/mol. The molecule has 0 N–H and O–H groups in total. The van der Waals surface area contributed by atoms with Gasteiger partial charge in [0.25, 0.3) is 0 Å². The molecule has 0 aliphatic rings. The SMILES string of the molecule is COc1cc(C)c(-c2ccc(F)cc2)nc1-n1cnc(C)c1. The molecule has 0 atom stereocenters. The average Bonchev–Trinajstić information content (AvgIpc) is 2.94. The molecule has 0 spiro atoms. The van der Waals surface area contributed by atoms with Gasteiger partial charge in [0.1, 0.15) is 12.1 Å². The third-order valence-electron chi connectivity index (χ3n) is 3.45. The zero-order valence-corrected chi connectivity index (χ0v) is 12.7. The molecule has 112 valence electrons. The van der Waals surface area contributed by atoms with Gasteiger partial charge in [0, 0.05) is 11.8 Å². The Morgan fingerprint density at radius 2 is 1.86 bits per heavy atom. The minimum atomic E-state index is -0.264. The number of pyridine rings is 1. The number of benzene rings is 1. The van der Waals surface area contributed by atoms with Gasteiger partial charge in [0.05, 0.1) is 18.5 Å². The molecule has 0 aliphatic heterocycles. The van der Waals surface area contributed by atoms with Crippen LogP contribution in [0.2, 0.25) is 0 Å². The number of imidazole rings is 1. The van der Waals surface area contributed by atoms with Gasteiger partial charge in [-0.2, -0.15) is 0 Å². The fourth-order valence-corrected chi connectivity index (χ4v) is 2.35. The molecule has 0 bridgehead atoms. The minimum absolute atomic E-state index is 0.264. The third kappa shape index (κ3) is 2.57. The van der Waals surface area contributed by atoms with Gasteiger partial charge in [-0.1, -0.05) is 0 Å². The normalized spacial score (nSPS) is 10.7. The Morgan fingerprint density at radius 1 is 1.14 bits per heavy atom. The van der Waals surface area contributed by atoms with E-state index in [2.05, 4.69) is 4.98 Å². The van der Waals surface area contributed by atoms with E-state index in [1.807, 2.05) is 30.7 Å². The summed E-state index contributed by atoms with van der Waals surface area (Å²) in [7, 11) is 1.61. The molecule has 3 aromatic rings. The molecular formula is C17H16FN3O. The highest BCUT2D eigenvalue weighted by molar-refractivity contribution is 5.66. The molecule has 2 heterocycles. The highest BCUT2D eigenvalue weighted by Crippen LogP contribution is 2.29. The maximum atomic E-state index is 13.1. The Kier molecular flexibility index (Phi) is 3.63. The standard InChI is InChI=1S/C17H16FN3O/c1-11-8-15(22-3)17(21-9-12(2)19-10-21)20-16(11)13-4-6-14(18)7-5-13/h4-10H,1-3H3. The summed E-state index contributed by atoms with van der Waals surface area (Å²) in [6, 6.07) is 8.24. The van der Waals surface area contributed by atoms with Gasteiger partial charge in [-0.25, -0.2) is 14.4 Å². The Hall–Kier alpha value is -2.69. The highest BCUT2D eigenvalue weighted by atomic mass is 19.1. The maximum Gasteiger partial charge on any atom is 0.181 e. The smallest absolute Gasteiger partial charge is 0.181 e. The van der Waals surface area contributed by atoms with E-state index in [4.69, 9.17) is 9.72 Å². The molecule has 22 heavy (non-hydrogen) atoms. The molecule has 5 heteroatoms. The van der Waals surface area contributed by atoms with Gasteiger partial charge in [0.15, 0.2) is 11.6 Å². The highest BCUT2D eigenvalue weighted by Gasteiger charge is 2.13. The molecule has 2 aromatic heterocycles. The summed E-state index contributed by atoms with van der Waals surface area (Å²) < 4.78 is 20.4. The largest absolute Gasteiger partial charge is 0.493 e. The number of hydrogen-bond acceptors (Lipinski definition) is 3. The summed E-state index contributed by atoms with van der Waals surface area (Å²) in [5.41, 5.74) is 3.51. The van der Waals surface area contributed by atoms with Gasteiger partial charge in [0.2, 0.25) is 0 Å². The summed E-state index contributed by atoms with van der Waals surface area (Å²) >= 11 is 0. The fourth-order valence-electron chi connectivity index (χ4n) is 2.35. The second-order valence-electron chi connectivity index (χ2n) is 5.11. The molecule has 1 aromatic carbocycles. The van der Waals surface area contributed by atoms with Crippen LogP contribution in [0.15, 0.2) is 42.9 Å². The second kappa shape index (κ2) is 5.60. The van der Waals surface area contributed by atoms with Gasteiger partial charge in [-0.3, -0.25) is 4.57 Å². The van der Waals surface area contributed by atoms with Crippen LogP contribution in [-0.2, 0) is 0 Å². The van der Waals surface area contributed by atoms with Crippen LogP contribution < -0.4 is 4.74 Å². The van der Waals surface area contributed by atoms with Crippen LogP contribution in [0.5, 0.6) is 5.75 Å². The molecule has 0 radical (unpaired) electrons. The van der Waals surface area contributed by atoms with Crippen LogP contribution in [0.4, 0.5) is 4.39 Å². The van der Waals surface area contributed by atoms with Crippen molar-refractivity contribution in [1.29, 1.82) is 0 Å². The van der Waals surface area contributed by atoms with E-state index in [1.54, 1.807) is 25.6 Å². The van der Waals surface area contributed by atoms with Crippen LogP contribution in [-0.4, -0.2) is 21.6 Å². The number of halogens is 1. The van der Waals surface area contributed by atoms with Crippen LogP contribution in [0, 0.1) is 19.7 Å². The lowest BCUT2D eigenvalue weighted by Gasteiger charge is -2.13. The molecule has 0 fully saturated rings. The first kappa shape index (κ1) is 14.3. The van der Waals surface area contributed by atoms with Crippen molar-refractivity contribution >= 4 is 0 Å². The van der Waals surface area contributed by atoms with Gasteiger partial charge in [-0.15, -0.1) is 0 Å².